The quantitative estimate of drug-likeness (QED) is 0.140. The molecule has 1 heteroatoms. The fraction of sp³-hybridized carbons (Fsp3) is 0.0145. The summed E-state index contributed by atoms with van der Waals surface area (Å²) in [5, 5.41) is 5.00. The summed E-state index contributed by atoms with van der Waals surface area (Å²) in [6, 6.07) is 105. The molecule has 0 aromatic heterocycles. The largest absolute Gasteiger partial charge is 0.310 e. The Kier molecular flexibility index (Phi) is 10.1. The van der Waals surface area contributed by atoms with Crippen LogP contribution >= 0.6 is 0 Å². The third-order valence-electron chi connectivity index (χ3n) is 14.5. The zero-order valence-electron chi connectivity index (χ0n) is 38.6. The van der Waals surface area contributed by atoms with Gasteiger partial charge >= 0.3 is 0 Å². The number of hydrogen-bond acceptors (Lipinski definition) is 1. The molecule has 0 N–H and O–H groups in total. The highest BCUT2D eigenvalue weighted by atomic mass is 15.1. The molecule has 12 aromatic carbocycles. The summed E-state index contributed by atoms with van der Waals surface area (Å²) >= 11 is 0. The topological polar surface area (TPSA) is 3.24 Å². The molecule has 0 unspecified atom stereocenters. The highest BCUT2D eigenvalue weighted by Gasteiger charge is 2.47. The lowest BCUT2D eigenvalue weighted by molar-refractivity contribution is 0.768. The van der Waals surface area contributed by atoms with Crippen molar-refractivity contribution < 1.29 is 0 Å². The van der Waals surface area contributed by atoms with Crippen LogP contribution in [0.25, 0.3) is 77.2 Å². The number of benzene rings is 12. The Bertz CT molecular complexity index is 3660. The molecule has 0 fully saturated rings. The van der Waals surface area contributed by atoms with Gasteiger partial charge < -0.3 is 4.90 Å². The SMILES string of the molecule is c1ccc(C2(c3ccccc3)c3ccccc3-c3c(N(c4cccc(-c5ccc(-c6ccc7ccccc7c6)cc5)c4)c4cccc(-c5ccc(-c6ccc7ccccc7c6)cc5)c4)cccc32)cc1. The van der Waals surface area contributed by atoms with E-state index >= 15 is 0 Å². The zero-order valence-corrected chi connectivity index (χ0v) is 38.6. The minimum absolute atomic E-state index is 0.528. The molecule has 0 aliphatic heterocycles. The van der Waals surface area contributed by atoms with E-state index in [9.17, 15) is 0 Å². The van der Waals surface area contributed by atoms with Gasteiger partial charge in [-0.05, 0) is 136 Å². The van der Waals surface area contributed by atoms with Crippen molar-refractivity contribution in [2.24, 2.45) is 0 Å². The Morgan fingerprint density at radius 3 is 1.13 bits per heavy atom. The second-order valence-corrected chi connectivity index (χ2v) is 18.4. The maximum atomic E-state index is 2.49. The van der Waals surface area contributed by atoms with Crippen LogP contribution in [0, 0.1) is 0 Å². The average Bonchev–Trinajstić information content (AvgIpc) is 3.75. The molecular formula is C69H47N. The molecule has 1 aliphatic rings. The molecular weight excluding hydrogens is 843 g/mol. The first-order chi connectivity index (χ1) is 34.7. The van der Waals surface area contributed by atoms with Crippen LogP contribution in [-0.2, 0) is 5.41 Å². The van der Waals surface area contributed by atoms with Gasteiger partial charge in [-0.25, -0.2) is 0 Å². The number of fused-ring (bicyclic) bond motifs is 5. The molecule has 0 radical (unpaired) electrons. The van der Waals surface area contributed by atoms with Crippen molar-refractivity contribution in [3.05, 3.63) is 307 Å². The first-order valence-corrected chi connectivity index (χ1v) is 24.2. The lowest BCUT2D eigenvalue weighted by atomic mass is 9.68. The van der Waals surface area contributed by atoms with E-state index in [0.29, 0.717) is 0 Å². The van der Waals surface area contributed by atoms with Gasteiger partial charge in [0, 0.05) is 16.9 Å². The average molecular weight is 890 g/mol. The summed E-state index contributed by atoms with van der Waals surface area (Å²) in [4.78, 5) is 2.49. The van der Waals surface area contributed by atoms with Gasteiger partial charge in [0.05, 0.1) is 11.1 Å². The van der Waals surface area contributed by atoms with Crippen LogP contribution in [0.5, 0.6) is 0 Å². The minimum Gasteiger partial charge on any atom is -0.310 e. The summed E-state index contributed by atoms with van der Waals surface area (Å²) in [7, 11) is 0. The molecule has 0 saturated heterocycles. The predicted octanol–water partition coefficient (Wildman–Crippen LogP) is 18.5. The van der Waals surface area contributed by atoms with Gasteiger partial charge in [0.2, 0.25) is 0 Å². The second-order valence-electron chi connectivity index (χ2n) is 18.4. The molecule has 0 atom stereocenters. The van der Waals surface area contributed by atoms with E-state index < -0.39 is 5.41 Å². The Labute approximate surface area is 409 Å². The normalized spacial score (nSPS) is 12.4. The van der Waals surface area contributed by atoms with Crippen LogP contribution in [0.4, 0.5) is 17.1 Å². The van der Waals surface area contributed by atoms with E-state index in [1.165, 1.54) is 88.3 Å². The van der Waals surface area contributed by atoms with Crippen molar-refractivity contribution in [1.29, 1.82) is 0 Å². The fourth-order valence-electron chi connectivity index (χ4n) is 11.2. The Balaban J connectivity index is 0.965. The molecule has 12 aromatic rings. The summed E-state index contributed by atoms with van der Waals surface area (Å²) in [6.07, 6.45) is 0. The molecule has 1 nitrogen and oxygen atoms in total. The smallest absolute Gasteiger partial charge is 0.0714 e. The lowest BCUT2D eigenvalue weighted by Crippen LogP contribution is -2.28. The van der Waals surface area contributed by atoms with Gasteiger partial charge in [-0.1, -0.05) is 243 Å². The first-order valence-electron chi connectivity index (χ1n) is 24.2. The Hall–Kier alpha value is -9.04. The van der Waals surface area contributed by atoms with Gasteiger partial charge in [0.25, 0.3) is 0 Å². The lowest BCUT2D eigenvalue weighted by Gasteiger charge is -2.34. The van der Waals surface area contributed by atoms with Crippen molar-refractivity contribution in [2.45, 2.75) is 5.41 Å². The molecule has 0 amide bonds. The minimum atomic E-state index is -0.528. The van der Waals surface area contributed by atoms with Gasteiger partial charge in [0.15, 0.2) is 0 Å². The Morgan fingerprint density at radius 1 is 0.243 bits per heavy atom. The van der Waals surface area contributed by atoms with Crippen LogP contribution in [0.1, 0.15) is 22.3 Å². The summed E-state index contributed by atoms with van der Waals surface area (Å²) in [6.45, 7) is 0. The van der Waals surface area contributed by atoms with Crippen molar-refractivity contribution >= 4 is 38.6 Å². The molecule has 328 valence electrons. The van der Waals surface area contributed by atoms with E-state index in [1.54, 1.807) is 0 Å². The maximum Gasteiger partial charge on any atom is 0.0714 e. The van der Waals surface area contributed by atoms with Crippen LogP contribution in [0.3, 0.4) is 0 Å². The summed E-state index contributed by atoms with van der Waals surface area (Å²) in [5.41, 5.74) is 19.8. The van der Waals surface area contributed by atoms with E-state index in [-0.39, 0.29) is 0 Å². The van der Waals surface area contributed by atoms with Gasteiger partial charge in [-0.3, -0.25) is 0 Å². The molecule has 0 bridgehead atoms. The standard InChI is InChI=1S/C69H47N/c1-3-22-60(23-4-1)69(61-24-5-2-6-25-61)65-29-12-11-28-64(65)68-66(69)30-15-31-67(68)70(62-26-13-20-56(46-62)50-32-36-52(37-33-50)58-42-40-48-16-7-9-18-54(48)44-58)63-27-14-21-57(47-63)51-34-38-53(39-35-51)59-43-41-49-17-8-10-19-55(49)45-59/h1-47H. The molecule has 0 heterocycles. The van der Waals surface area contributed by atoms with Gasteiger partial charge in [-0.2, -0.15) is 0 Å². The van der Waals surface area contributed by atoms with Gasteiger partial charge in [0.1, 0.15) is 0 Å². The van der Waals surface area contributed by atoms with E-state index in [0.717, 1.165) is 28.2 Å². The van der Waals surface area contributed by atoms with Crippen LogP contribution < -0.4 is 4.90 Å². The monoisotopic (exact) mass is 889 g/mol. The second kappa shape index (κ2) is 17.2. The summed E-state index contributed by atoms with van der Waals surface area (Å²) in [5.74, 6) is 0. The molecule has 1 aliphatic carbocycles. The van der Waals surface area contributed by atoms with E-state index in [2.05, 4.69) is 290 Å². The fourth-order valence-corrected chi connectivity index (χ4v) is 11.2. The molecule has 13 rings (SSSR count). The third kappa shape index (κ3) is 7.02. The summed E-state index contributed by atoms with van der Waals surface area (Å²) < 4.78 is 0. The number of rotatable bonds is 9. The first kappa shape index (κ1) is 41.2. The van der Waals surface area contributed by atoms with E-state index in [4.69, 9.17) is 0 Å². The van der Waals surface area contributed by atoms with E-state index in [1.807, 2.05) is 0 Å². The van der Waals surface area contributed by atoms with Crippen LogP contribution in [0.15, 0.2) is 285 Å². The zero-order chi connectivity index (χ0) is 46.4. The number of hydrogen-bond donors (Lipinski definition) is 0. The highest BCUT2D eigenvalue weighted by Crippen LogP contribution is 2.59. The predicted molar refractivity (Wildman–Crippen MR) is 295 cm³/mol. The number of anilines is 3. The van der Waals surface area contributed by atoms with Crippen LogP contribution in [0.2, 0.25) is 0 Å². The Morgan fingerprint density at radius 2 is 0.629 bits per heavy atom. The van der Waals surface area contributed by atoms with Gasteiger partial charge in [-0.15, -0.1) is 0 Å². The molecule has 0 saturated carbocycles. The van der Waals surface area contributed by atoms with Crippen molar-refractivity contribution in [2.75, 3.05) is 4.90 Å². The highest BCUT2D eigenvalue weighted by molar-refractivity contribution is 5.98. The van der Waals surface area contributed by atoms with Crippen molar-refractivity contribution in [1.82, 2.24) is 0 Å². The third-order valence-corrected chi connectivity index (χ3v) is 14.5. The van der Waals surface area contributed by atoms with Crippen molar-refractivity contribution in [3.8, 4) is 55.6 Å². The number of nitrogens with zero attached hydrogens (tertiary/aromatic N) is 1. The van der Waals surface area contributed by atoms with Crippen LogP contribution in [-0.4, -0.2) is 0 Å². The molecule has 0 spiro atoms. The maximum absolute atomic E-state index is 2.49. The van der Waals surface area contributed by atoms with Crippen molar-refractivity contribution in [3.63, 3.8) is 0 Å². The molecule has 70 heavy (non-hydrogen) atoms.